The van der Waals surface area contributed by atoms with Crippen LogP contribution in [0.25, 0.3) is 0 Å². The molecule has 0 radical (unpaired) electrons. The first-order valence-corrected chi connectivity index (χ1v) is 11.6. The lowest BCUT2D eigenvalue weighted by atomic mass is 9.86. The van der Waals surface area contributed by atoms with E-state index in [1.165, 1.54) is 33.1 Å². The third-order valence-corrected chi connectivity index (χ3v) is 7.84. The van der Waals surface area contributed by atoms with Crippen molar-refractivity contribution in [3.05, 3.63) is 51.5 Å². The van der Waals surface area contributed by atoms with Gasteiger partial charge in [0.05, 0.1) is 37.9 Å². The molecule has 3 aliphatic heterocycles. The monoisotopic (exact) mass is 507 g/mol. The minimum atomic E-state index is -1.28. The van der Waals surface area contributed by atoms with Crippen LogP contribution in [0.4, 0.5) is 0 Å². The molecule has 1 saturated heterocycles. The normalized spacial score (nSPS) is 23.4. The van der Waals surface area contributed by atoms with Crippen molar-refractivity contribution in [2.75, 3.05) is 34.4 Å². The third kappa shape index (κ3) is 3.17. The lowest BCUT2D eigenvalue weighted by Gasteiger charge is -2.28. The summed E-state index contributed by atoms with van der Waals surface area (Å²) in [6.07, 6.45) is -0.820. The molecule has 0 aliphatic carbocycles. The summed E-state index contributed by atoms with van der Waals surface area (Å²) in [6, 6.07) is 8.64. The van der Waals surface area contributed by atoms with E-state index in [1.54, 1.807) is 35.2 Å². The highest BCUT2D eigenvalue weighted by Gasteiger charge is 2.65. The summed E-state index contributed by atoms with van der Waals surface area (Å²) in [6.45, 7) is 1.05. The summed E-state index contributed by atoms with van der Waals surface area (Å²) in [7, 11) is 4.58. The first-order chi connectivity index (χ1) is 16.0. The number of oxime groups is 1. The Morgan fingerprint density at radius 3 is 2.36 bits per heavy atom. The Morgan fingerprint density at radius 1 is 1.12 bits per heavy atom. The molecule has 1 amide bonds. The van der Waals surface area contributed by atoms with Crippen LogP contribution in [0.3, 0.4) is 0 Å². The number of amides is 1. The van der Waals surface area contributed by atoms with Gasteiger partial charge in [0.15, 0.2) is 27.5 Å². The van der Waals surface area contributed by atoms with Crippen LogP contribution in [0.5, 0.6) is 17.2 Å². The Bertz CT molecular complexity index is 1180. The molecular weight excluding hydrogens is 489 g/mol. The molecule has 0 saturated carbocycles. The molecule has 33 heavy (non-hydrogen) atoms. The summed E-state index contributed by atoms with van der Waals surface area (Å²) >= 11 is 14.4. The maximum Gasteiger partial charge on any atom is 0.255 e. The largest absolute Gasteiger partial charge is 0.493 e. The Labute approximate surface area is 204 Å². The Balaban J connectivity index is 1.71. The van der Waals surface area contributed by atoms with E-state index in [1.807, 2.05) is 0 Å². The van der Waals surface area contributed by atoms with Crippen LogP contribution in [0.2, 0.25) is 10.0 Å². The second-order valence-corrected chi connectivity index (χ2v) is 9.47. The first kappa shape index (κ1) is 22.2. The average Bonchev–Trinajstić information content (AvgIpc) is 3.49. The van der Waals surface area contributed by atoms with E-state index in [-0.39, 0.29) is 5.91 Å². The number of amidine groups is 1. The number of hydrogen-bond donors (Lipinski definition) is 0. The van der Waals surface area contributed by atoms with Gasteiger partial charge in [0.2, 0.25) is 5.75 Å². The number of halogens is 2. The van der Waals surface area contributed by atoms with Crippen molar-refractivity contribution < 1.29 is 23.8 Å². The molecule has 172 valence electrons. The van der Waals surface area contributed by atoms with Gasteiger partial charge in [-0.3, -0.25) is 14.7 Å². The number of carbonyl (C=O) groups is 1. The summed E-state index contributed by atoms with van der Waals surface area (Å²) in [5.74, 6) is 1.11. The lowest BCUT2D eigenvalue weighted by molar-refractivity contribution is -0.129. The number of thioether (sulfide) groups is 1. The SMILES string of the molecule is COc1cc(C2ON=C(c3c(Cl)cccc3Cl)C23SC2=NCCN2C3=O)cc(OC)c1OC. The van der Waals surface area contributed by atoms with Gasteiger partial charge >= 0.3 is 0 Å². The summed E-state index contributed by atoms with van der Waals surface area (Å²) in [5.41, 5.74) is 1.43. The molecule has 3 aliphatic rings. The maximum atomic E-state index is 13.9. The highest BCUT2D eigenvalue weighted by molar-refractivity contribution is 8.17. The zero-order chi connectivity index (χ0) is 23.3. The predicted molar refractivity (Wildman–Crippen MR) is 127 cm³/mol. The lowest BCUT2D eigenvalue weighted by Crippen LogP contribution is -2.48. The van der Waals surface area contributed by atoms with Crippen molar-refractivity contribution in [3.63, 3.8) is 0 Å². The topological polar surface area (TPSA) is 82.0 Å². The van der Waals surface area contributed by atoms with Crippen LogP contribution < -0.4 is 14.2 Å². The highest BCUT2D eigenvalue weighted by atomic mass is 35.5. The minimum absolute atomic E-state index is 0.185. The number of rotatable bonds is 5. The van der Waals surface area contributed by atoms with E-state index in [2.05, 4.69) is 10.1 Å². The van der Waals surface area contributed by atoms with Gasteiger partial charge in [-0.2, -0.15) is 0 Å². The fourth-order valence-corrected chi connectivity index (χ4v) is 6.31. The molecule has 11 heteroatoms. The van der Waals surface area contributed by atoms with Crippen LogP contribution in [0.1, 0.15) is 17.2 Å². The second kappa shape index (κ2) is 8.30. The summed E-state index contributed by atoms with van der Waals surface area (Å²) < 4.78 is 15.2. The molecule has 2 atom stereocenters. The number of fused-ring (bicyclic) bond motifs is 1. The van der Waals surface area contributed by atoms with Crippen LogP contribution in [0.15, 0.2) is 40.5 Å². The Morgan fingerprint density at radius 2 is 1.79 bits per heavy atom. The molecule has 0 aromatic heterocycles. The minimum Gasteiger partial charge on any atom is -0.493 e. The van der Waals surface area contributed by atoms with Gasteiger partial charge in [0, 0.05) is 17.7 Å². The Kier molecular flexibility index (Phi) is 5.58. The number of ether oxygens (including phenoxy) is 3. The number of hydrogen-bond acceptors (Lipinski definition) is 8. The summed E-state index contributed by atoms with van der Waals surface area (Å²) in [4.78, 5) is 26.0. The van der Waals surface area contributed by atoms with Crippen LogP contribution >= 0.6 is 35.0 Å². The van der Waals surface area contributed by atoms with Gasteiger partial charge < -0.3 is 19.0 Å². The van der Waals surface area contributed by atoms with Crippen molar-refractivity contribution in [1.29, 1.82) is 0 Å². The molecule has 1 spiro atoms. The van der Waals surface area contributed by atoms with Gasteiger partial charge in [0.1, 0.15) is 5.71 Å². The van der Waals surface area contributed by atoms with Crippen molar-refractivity contribution in [2.24, 2.45) is 10.1 Å². The van der Waals surface area contributed by atoms with Crippen molar-refractivity contribution in [1.82, 2.24) is 4.90 Å². The number of aliphatic imine (C=N–C) groups is 1. The Hall–Kier alpha value is -2.62. The molecule has 1 fully saturated rings. The van der Waals surface area contributed by atoms with E-state index in [0.717, 1.165) is 0 Å². The zero-order valence-electron chi connectivity index (χ0n) is 17.9. The van der Waals surface area contributed by atoms with Crippen molar-refractivity contribution >= 4 is 51.8 Å². The number of carbonyl (C=O) groups excluding carboxylic acids is 1. The fourth-order valence-electron chi connectivity index (χ4n) is 4.28. The first-order valence-electron chi connectivity index (χ1n) is 10.00. The zero-order valence-corrected chi connectivity index (χ0v) is 20.3. The quantitative estimate of drug-likeness (QED) is 0.603. The number of benzene rings is 2. The van der Waals surface area contributed by atoms with E-state index >= 15 is 0 Å². The molecule has 0 N–H and O–H groups in total. The molecule has 0 bridgehead atoms. The fraction of sp³-hybridized carbons (Fsp3) is 0.318. The van der Waals surface area contributed by atoms with Gasteiger partial charge in [0.25, 0.3) is 5.91 Å². The van der Waals surface area contributed by atoms with E-state index < -0.39 is 10.9 Å². The maximum absolute atomic E-state index is 13.9. The van der Waals surface area contributed by atoms with E-state index in [4.69, 9.17) is 42.3 Å². The van der Waals surface area contributed by atoms with Crippen LogP contribution in [0, 0.1) is 0 Å². The van der Waals surface area contributed by atoms with Gasteiger partial charge in [-0.25, -0.2) is 0 Å². The van der Waals surface area contributed by atoms with Crippen LogP contribution in [-0.2, 0) is 9.63 Å². The molecule has 5 rings (SSSR count). The van der Waals surface area contributed by atoms with Crippen molar-refractivity contribution in [3.8, 4) is 17.2 Å². The molecule has 3 heterocycles. The van der Waals surface area contributed by atoms with Crippen LogP contribution in [-0.4, -0.2) is 60.9 Å². The molecule has 8 nitrogen and oxygen atoms in total. The van der Waals surface area contributed by atoms with E-state index in [9.17, 15) is 4.79 Å². The van der Waals surface area contributed by atoms with E-state index in [0.29, 0.717) is 62.4 Å². The summed E-state index contributed by atoms with van der Waals surface area (Å²) in [5, 5.41) is 5.73. The molecular formula is C22H19Cl2N3O5S. The van der Waals surface area contributed by atoms with Gasteiger partial charge in [-0.05, 0) is 24.3 Å². The average molecular weight is 508 g/mol. The smallest absolute Gasteiger partial charge is 0.255 e. The standard InChI is InChI=1S/C22H19Cl2N3O5S/c1-29-14-9-11(10-15(30-2)17(14)31-3)19-22(20(28)27-8-7-25-21(27)33-22)18(26-32-19)16-12(23)5-4-6-13(16)24/h4-6,9-10,19H,7-8H2,1-3H3. The highest BCUT2D eigenvalue weighted by Crippen LogP contribution is 2.56. The number of methoxy groups -OCH3 is 3. The predicted octanol–water partition coefficient (Wildman–Crippen LogP) is 4.18. The molecule has 2 aromatic rings. The molecule has 2 unspecified atom stereocenters. The number of nitrogens with zero attached hydrogens (tertiary/aromatic N) is 3. The van der Waals surface area contributed by atoms with Crippen molar-refractivity contribution in [2.45, 2.75) is 10.9 Å². The van der Waals surface area contributed by atoms with Gasteiger partial charge in [-0.15, -0.1) is 0 Å². The third-order valence-electron chi connectivity index (χ3n) is 5.78. The second-order valence-electron chi connectivity index (χ2n) is 7.44. The van der Waals surface area contributed by atoms with Gasteiger partial charge in [-0.1, -0.05) is 46.2 Å². The molecule has 2 aromatic carbocycles.